The van der Waals surface area contributed by atoms with Gasteiger partial charge < -0.3 is 22.8 Å². The second-order valence-corrected chi connectivity index (χ2v) is 5.13. The minimum Gasteiger partial charge on any atom is -0.375 e. The molecule has 80 valence electrons. The van der Waals surface area contributed by atoms with Crippen LogP contribution in [0, 0.1) is 0 Å². The van der Waals surface area contributed by atoms with Gasteiger partial charge in [-0.25, -0.2) is 0 Å². The normalized spacial score (nSPS) is 12.0. The van der Waals surface area contributed by atoms with Crippen LogP contribution in [0.25, 0.3) is 0 Å². The Kier molecular flexibility index (Phi) is 7.43. The molecule has 0 aromatic heterocycles. The molecule has 5 nitrogen and oxygen atoms in total. The van der Waals surface area contributed by atoms with Crippen LogP contribution < -0.4 is 0 Å². The van der Waals surface area contributed by atoms with Crippen LogP contribution in [-0.2, 0) is 22.8 Å². The second-order valence-electron chi connectivity index (χ2n) is 2.25. The Morgan fingerprint density at radius 2 is 1.46 bits per heavy atom. The van der Waals surface area contributed by atoms with Crippen LogP contribution in [0.2, 0.25) is 0 Å². The summed E-state index contributed by atoms with van der Waals surface area (Å²) in [5.41, 5.74) is 0. The van der Waals surface area contributed by atoms with Crippen molar-refractivity contribution in [2.45, 2.75) is 6.92 Å². The van der Waals surface area contributed by atoms with Crippen molar-refractivity contribution in [1.29, 1.82) is 0 Å². The van der Waals surface area contributed by atoms with Crippen molar-refractivity contribution in [2.24, 2.45) is 0 Å². The standard InChI is InChI=1S/C7H18O5Si/c1-5-11-6-12-7-13(8-2,9-3)10-4/h5-7H2,1-4H3. The van der Waals surface area contributed by atoms with E-state index >= 15 is 0 Å². The number of hydrogen-bond donors (Lipinski definition) is 0. The third kappa shape index (κ3) is 4.70. The monoisotopic (exact) mass is 210 g/mol. The zero-order chi connectivity index (χ0) is 10.2. The Morgan fingerprint density at radius 3 is 1.85 bits per heavy atom. The summed E-state index contributed by atoms with van der Waals surface area (Å²) in [6.07, 6.45) is 0.302. The highest BCUT2D eigenvalue weighted by molar-refractivity contribution is 6.60. The van der Waals surface area contributed by atoms with E-state index in [9.17, 15) is 0 Å². The van der Waals surface area contributed by atoms with Crippen LogP contribution in [-0.4, -0.2) is 49.8 Å². The van der Waals surface area contributed by atoms with Gasteiger partial charge in [0, 0.05) is 27.9 Å². The Hall–Kier alpha value is 0.0169. The molecule has 0 unspecified atom stereocenters. The fourth-order valence-corrected chi connectivity index (χ4v) is 1.92. The van der Waals surface area contributed by atoms with Crippen molar-refractivity contribution in [1.82, 2.24) is 0 Å². The average molecular weight is 210 g/mol. The summed E-state index contributed by atoms with van der Waals surface area (Å²) in [4.78, 5) is 0. The van der Waals surface area contributed by atoms with E-state index in [4.69, 9.17) is 22.8 Å². The zero-order valence-electron chi connectivity index (χ0n) is 8.66. The van der Waals surface area contributed by atoms with Crippen LogP contribution in [0.4, 0.5) is 0 Å². The highest BCUT2D eigenvalue weighted by atomic mass is 28.4. The lowest BCUT2D eigenvalue weighted by Crippen LogP contribution is -2.48. The van der Waals surface area contributed by atoms with E-state index in [0.717, 1.165) is 0 Å². The molecule has 0 N–H and O–H groups in total. The van der Waals surface area contributed by atoms with E-state index in [-0.39, 0.29) is 6.79 Å². The van der Waals surface area contributed by atoms with Crippen molar-refractivity contribution < 1.29 is 22.8 Å². The fraction of sp³-hybridized carbons (Fsp3) is 1.00. The molecule has 0 bridgehead atoms. The predicted molar refractivity (Wildman–Crippen MR) is 49.2 cm³/mol. The fourth-order valence-electron chi connectivity index (χ4n) is 0.736. The van der Waals surface area contributed by atoms with Gasteiger partial charge in [0.1, 0.15) is 13.0 Å². The van der Waals surface area contributed by atoms with Gasteiger partial charge in [0.2, 0.25) is 0 Å². The summed E-state index contributed by atoms with van der Waals surface area (Å²) in [5, 5.41) is 0. The van der Waals surface area contributed by atoms with Gasteiger partial charge in [0.05, 0.1) is 0 Å². The molecule has 0 aromatic rings. The van der Waals surface area contributed by atoms with Crippen LogP contribution in [0.1, 0.15) is 6.92 Å². The van der Waals surface area contributed by atoms with E-state index in [1.54, 1.807) is 21.3 Å². The second kappa shape index (κ2) is 7.42. The van der Waals surface area contributed by atoms with Gasteiger partial charge in [-0.05, 0) is 6.92 Å². The summed E-state index contributed by atoms with van der Waals surface area (Å²) in [5.74, 6) is 0. The first kappa shape index (κ1) is 13.0. The van der Waals surface area contributed by atoms with Crippen LogP contribution >= 0.6 is 0 Å². The molecule has 0 fully saturated rings. The van der Waals surface area contributed by atoms with Crippen LogP contribution in [0.15, 0.2) is 0 Å². The topological polar surface area (TPSA) is 46.2 Å². The van der Waals surface area contributed by atoms with Gasteiger partial charge in [-0.2, -0.15) is 0 Å². The van der Waals surface area contributed by atoms with E-state index in [2.05, 4.69) is 0 Å². The summed E-state index contributed by atoms with van der Waals surface area (Å²) in [7, 11) is 2.07. The number of rotatable bonds is 8. The predicted octanol–water partition coefficient (Wildman–Crippen LogP) is 0.414. The molecule has 0 saturated heterocycles. The molecule has 0 aromatic carbocycles. The Labute approximate surface area is 80.2 Å². The first-order valence-corrected chi connectivity index (χ1v) is 5.98. The van der Waals surface area contributed by atoms with E-state index in [1.165, 1.54) is 0 Å². The van der Waals surface area contributed by atoms with Gasteiger partial charge in [-0.15, -0.1) is 0 Å². The van der Waals surface area contributed by atoms with E-state index < -0.39 is 8.80 Å². The van der Waals surface area contributed by atoms with Gasteiger partial charge >= 0.3 is 8.80 Å². The summed E-state index contributed by atoms with van der Waals surface area (Å²) in [6.45, 7) is 2.76. The summed E-state index contributed by atoms with van der Waals surface area (Å²) >= 11 is 0. The lowest BCUT2D eigenvalue weighted by atomic mass is 10.9. The van der Waals surface area contributed by atoms with E-state index in [1.807, 2.05) is 6.92 Å². The van der Waals surface area contributed by atoms with Crippen molar-refractivity contribution in [3.05, 3.63) is 0 Å². The molecule has 0 aliphatic rings. The summed E-state index contributed by atoms with van der Waals surface area (Å²) < 4.78 is 25.6. The largest absolute Gasteiger partial charge is 0.527 e. The molecular weight excluding hydrogens is 192 g/mol. The molecule has 0 atom stereocenters. The highest BCUT2D eigenvalue weighted by Crippen LogP contribution is 2.05. The van der Waals surface area contributed by atoms with E-state index in [0.29, 0.717) is 12.8 Å². The maximum Gasteiger partial charge on any atom is 0.527 e. The number of hydrogen-bond acceptors (Lipinski definition) is 5. The molecule has 0 aliphatic heterocycles. The quantitative estimate of drug-likeness (QED) is 0.330. The van der Waals surface area contributed by atoms with Crippen molar-refractivity contribution in [2.75, 3.05) is 41.0 Å². The van der Waals surface area contributed by atoms with Gasteiger partial charge in [-0.1, -0.05) is 0 Å². The third-order valence-electron chi connectivity index (χ3n) is 1.58. The third-order valence-corrected chi connectivity index (χ3v) is 4.01. The molecule has 0 aliphatic carbocycles. The first-order chi connectivity index (χ1) is 6.24. The van der Waals surface area contributed by atoms with Crippen molar-refractivity contribution >= 4 is 8.80 Å². The Bertz CT molecular complexity index is 109. The van der Waals surface area contributed by atoms with Crippen molar-refractivity contribution in [3.8, 4) is 0 Å². The Morgan fingerprint density at radius 1 is 0.923 bits per heavy atom. The maximum atomic E-state index is 5.18. The number of ether oxygens (including phenoxy) is 2. The summed E-state index contributed by atoms with van der Waals surface area (Å²) in [6, 6.07) is 0. The molecule has 0 amide bonds. The maximum absolute atomic E-state index is 5.18. The molecule has 0 saturated carbocycles. The average Bonchev–Trinajstić information content (AvgIpc) is 2.20. The minimum absolute atomic E-state index is 0.237. The first-order valence-electron chi connectivity index (χ1n) is 4.05. The molecule has 0 heterocycles. The van der Waals surface area contributed by atoms with Gasteiger partial charge in [-0.3, -0.25) is 0 Å². The van der Waals surface area contributed by atoms with Crippen LogP contribution in [0.5, 0.6) is 0 Å². The molecule has 6 heteroatoms. The molecule has 0 rings (SSSR count). The lowest BCUT2D eigenvalue weighted by Gasteiger charge is -2.23. The molecule has 0 radical (unpaired) electrons. The molecule has 0 spiro atoms. The Balaban J connectivity index is 3.68. The SMILES string of the molecule is CCOCOC[Si](OC)(OC)OC. The van der Waals surface area contributed by atoms with Crippen molar-refractivity contribution in [3.63, 3.8) is 0 Å². The van der Waals surface area contributed by atoms with Gasteiger partial charge in [0.25, 0.3) is 0 Å². The lowest BCUT2D eigenvalue weighted by molar-refractivity contribution is -0.0520. The van der Waals surface area contributed by atoms with Gasteiger partial charge in [0.15, 0.2) is 0 Å². The minimum atomic E-state index is -2.57. The van der Waals surface area contributed by atoms with Crippen LogP contribution in [0.3, 0.4) is 0 Å². The smallest absolute Gasteiger partial charge is 0.375 e. The zero-order valence-corrected chi connectivity index (χ0v) is 9.66. The highest BCUT2D eigenvalue weighted by Gasteiger charge is 2.38. The molecule has 13 heavy (non-hydrogen) atoms. The molecular formula is C7H18O5Si.